The van der Waals surface area contributed by atoms with Crippen LogP contribution in [0.5, 0.6) is 0 Å². The van der Waals surface area contributed by atoms with Gasteiger partial charge >= 0.3 is 0 Å². The quantitative estimate of drug-likeness (QED) is 0.729. The zero-order valence-electron chi connectivity index (χ0n) is 9.05. The van der Waals surface area contributed by atoms with Gasteiger partial charge in [0.1, 0.15) is 0 Å². The smallest absolute Gasteiger partial charge is 0.194 e. The Morgan fingerprint density at radius 3 is 2.44 bits per heavy atom. The molecule has 0 saturated heterocycles. The van der Waals surface area contributed by atoms with Gasteiger partial charge in [0.15, 0.2) is 5.78 Å². The molecule has 0 amide bonds. The third-order valence-corrected chi connectivity index (χ3v) is 2.43. The molecule has 0 aliphatic heterocycles. The summed E-state index contributed by atoms with van der Waals surface area (Å²) in [6, 6.07) is 11.1. The Hall–Kier alpha value is -1.96. The normalized spacial score (nSPS) is 10.1. The monoisotopic (exact) mass is 210 g/mol. The Morgan fingerprint density at radius 1 is 1.12 bits per heavy atom. The number of aromatic nitrogens is 1. The minimum absolute atomic E-state index is 0.00996. The number of pyridine rings is 1. The minimum Gasteiger partial charge on any atom is -0.289 e. The lowest BCUT2D eigenvalue weighted by atomic mass is 10.0. The Bertz CT molecular complexity index is 474. The second-order valence-electron chi connectivity index (χ2n) is 3.48. The van der Waals surface area contributed by atoms with E-state index in [2.05, 4.69) is 4.98 Å². The van der Waals surface area contributed by atoms with Gasteiger partial charge in [-0.05, 0) is 24.1 Å². The molecule has 1 aromatic carbocycles. The average Bonchev–Trinajstić information content (AvgIpc) is 2.39. The molecule has 0 aliphatic rings. The first-order chi connectivity index (χ1) is 7.81. The van der Waals surface area contributed by atoms with Crippen LogP contribution in [0.4, 0.5) is 0 Å². The van der Waals surface area contributed by atoms with Crippen LogP contribution in [0.25, 0.3) is 0 Å². The second kappa shape index (κ2) is 4.71. The van der Waals surface area contributed by atoms with Crippen LogP contribution in [0.15, 0.2) is 48.8 Å². The van der Waals surface area contributed by atoms with Gasteiger partial charge in [-0.25, -0.2) is 0 Å². The summed E-state index contributed by atoms with van der Waals surface area (Å²) in [7, 11) is 0. The molecule has 2 nitrogen and oxygen atoms in total. The molecule has 1 radical (unpaired) electrons. The van der Waals surface area contributed by atoms with E-state index in [1.54, 1.807) is 24.5 Å². The predicted octanol–water partition coefficient (Wildman–Crippen LogP) is 2.88. The van der Waals surface area contributed by atoms with E-state index in [9.17, 15) is 4.79 Å². The highest BCUT2D eigenvalue weighted by Gasteiger charge is 2.07. The van der Waals surface area contributed by atoms with Crippen molar-refractivity contribution in [3.63, 3.8) is 0 Å². The maximum absolute atomic E-state index is 12.0. The van der Waals surface area contributed by atoms with Gasteiger partial charge < -0.3 is 0 Å². The molecular weight excluding hydrogens is 198 g/mol. The van der Waals surface area contributed by atoms with Crippen molar-refractivity contribution in [3.8, 4) is 0 Å². The van der Waals surface area contributed by atoms with Gasteiger partial charge in [0.2, 0.25) is 0 Å². The van der Waals surface area contributed by atoms with Gasteiger partial charge in [0.25, 0.3) is 0 Å². The molecule has 0 atom stereocenters. The number of benzene rings is 1. The number of nitrogens with zero attached hydrogens (tertiary/aromatic N) is 1. The largest absolute Gasteiger partial charge is 0.289 e. The first-order valence-electron chi connectivity index (χ1n) is 5.15. The third kappa shape index (κ3) is 2.16. The first-order valence-corrected chi connectivity index (χ1v) is 5.15. The lowest BCUT2D eigenvalue weighted by molar-refractivity contribution is 0.103. The summed E-state index contributed by atoms with van der Waals surface area (Å²) in [5, 5.41) is 0. The van der Waals surface area contributed by atoms with Crippen molar-refractivity contribution in [1.29, 1.82) is 0 Å². The predicted molar refractivity (Wildman–Crippen MR) is 63.2 cm³/mol. The fourth-order valence-corrected chi connectivity index (χ4v) is 1.49. The Balaban J connectivity index is 2.28. The lowest BCUT2D eigenvalue weighted by Crippen LogP contribution is -2.01. The molecule has 79 valence electrons. The summed E-state index contributed by atoms with van der Waals surface area (Å²) in [6.45, 7) is 1.97. The number of ketones is 1. The van der Waals surface area contributed by atoms with Crippen LogP contribution in [-0.2, 0) is 0 Å². The fraction of sp³-hybridized carbons (Fsp3) is 0.0714. The van der Waals surface area contributed by atoms with Crippen molar-refractivity contribution in [1.82, 2.24) is 4.98 Å². The van der Waals surface area contributed by atoms with Crippen LogP contribution >= 0.6 is 0 Å². The van der Waals surface area contributed by atoms with E-state index in [-0.39, 0.29) is 5.78 Å². The van der Waals surface area contributed by atoms with Gasteiger partial charge in [-0.2, -0.15) is 0 Å². The lowest BCUT2D eigenvalue weighted by Gasteiger charge is -2.01. The highest BCUT2D eigenvalue weighted by Crippen LogP contribution is 2.11. The molecule has 0 bridgehead atoms. The second-order valence-corrected chi connectivity index (χ2v) is 3.48. The summed E-state index contributed by atoms with van der Waals surface area (Å²) in [6.07, 6.45) is 5.24. The van der Waals surface area contributed by atoms with Gasteiger partial charge in [0.05, 0.1) is 0 Å². The van der Waals surface area contributed by atoms with Crippen molar-refractivity contribution >= 4 is 5.78 Å². The topological polar surface area (TPSA) is 30.0 Å². The van der Waals surface area contributed by atoms with Crippen molar-refractivity contribution in [3.05, 3.63) is 71.9 Å². The van der Waals surface area contributed by atoms with Crippen LogP contribution in [0.2, 0.25) is 0 Å². The zero-order valence-corrected chi connectivity index (χ0v) is 9.05. The van der Waals surface area contributed by atoms with Crippen LogP contribution < -0.4 is 0 Å². The number of hydrogen-bond donors (Lipinski definition) is 0. The summed E-state index contributed by atoms with van der Waals surface area (Å²) >= 11 is 0. The SMILES string of the molecule is C[CH]c1ccc(C(=O)c2cccnc2)cc1. The standard InChI is InChI=1S/C14H12NO/c1-2-11-5-7-12(8-6-11)14(16)13-4-3-9-15-10-13/h2-10H,1H3. The average molecular weight is 210 g/mol. The van der Waals surface area contributed by atoms with E-state index in [4.69, 9.17) is 0 Å². The van der Waals surface area contributed by atoms with E-state index in [0.717, 1.165) is 5.56 Å². The van der Waals surface area contributed by atoms with E-state index in [0.29, 0.717) is 11.1 Å². The van der Waals surface area contributed by atoms with Gasteiger partial charge in [0, 0.05) is 23.5 Å². The van der Waals surface area contributed by atoms with Crippen LogP contribution in [0.1, 0.15) is 28.4 Å². The van der Waals surface area contributed by atoms with Crippen molar-refractivity contribution in [2.45, 2.75) is 6.92 Å². The molecule has 0 aliphatic carbocycles. The molecule has 1 aromatic heterocycles. The molecule has 2 heteroatoms. The Kier molecular flexibility index (Phi) is 3.10. The molecule has 0 N–H and O–H groups in total. The van der Waals surface area contributed by atoms with Crippen molar-refractivity contribution in [2.75, 3.05) is 0 Å². The van der Waals surface area contributed by atoms with E-state index in [1.807, 2.05) is 37.6 Å². The number of hydrogen-bond acceptors (Lipinski definition) is 2. The first kappa shape index (κ1) is 10.6. The number of carbonyl (C=O) groups is 1. The maximum atomic E-state index is 12.0. The highest BCUT2D eigenvalue weighted by atomic mass is 16.1. The molecule has 2 aromatic rings. The van der Waals surface area contributed by atoms with Crippen LogP contribution in [0, 0.1) is 6.42 Å². The molecule has 0 fully saturated rings. The zero-order chi connectivity index (χ0) is 11.4. The summed E-state index contributed by atoms with van der Waals surface area (Å²) < 4.78 is 0. The molecule has 1 heterocycles. The Labute approximate surface area is 95.0 Å². The fourth-order valence-electron chi connectivity index (χ4n) is 1.49. The molecule has 0 saturated carbocycles. The molecule has 0 unspecified atom stereocenters. The summed E-state index contributed by atoms with van der Waals surface area (Å²) in [5.41, 5.74) is 2.43. The third-order valence-electron chi connectivity index (χ3n) is 2.43. The van der Waals surface area contributed by atoms with Crippen LogP contribution in [-0.4, -0.2) is 10.8 Å². The minimum atomic E-state index is 0.00996. The maximum Gasteiger partial charge on any atom is 0.194 e. The Morgan fingerprint density at radius 2 is 1.88 bits per heavy atom. The molecule has 16 heavy (non-hydrogen) atoms. The summed E-state index contributed by atoms with van der Waals surface area (Å²) in [4.78, 5) is 15.9. The van der Waals surface area contributed by atoms with Gasteiger partial charge in [-0.15, -0.1) is 0 Å². The summed E-state index contributed by atoms with van der Waals surface area (Å²) in [5.74, 6) is 0.00996. The van der Waals surface area contributed by atoms with Crippen molar-refractivity contribution in [2.24, 2.45) is 0 Å². The van der Waals surface area contributed by atoms with Gasteiger partial charge in [-0.3, -0.25) is 9.78 Å². The molecular formula is C14H12NO. The van der Waals surface area contributed by atoms with Crippen molar-refractivity contribution < 1.29 is 4.79 Å². The molecule has 2 rings (SSSR count). The van der Waals surface area contributed by atoms with E-state index in [1.165, 1.54) is 0 Å². The van der Waals surface area contributed by atoms with Gasteiger partial charge in [-0.1, -0.05) is 31.2 Å². The number of carbonyl (C=O) groups excluding carboxylic acids is 1. The highest BCUT2D eigenvalue weighted by molar-refractivity contribution is 6.08. The van der Waals surface area contributed by atoms with Crippen LogP contribution in [0.3, 0.4) is 0 Å². The number of rotatable bonds is 3. The van der Waals surface area contributed by atoms with E-state index < -0.39 is 0 Å². The van der Waals surface area contributed by atoms with E-state index >= 15 is 0 Å². The molecule has 0 spiro atoms.